The van der Waals surface area contributed by atoms with Crippen LogP contribution in [0.5, 0.6) is 23.0 Å². The molecule has 4 aromatic rings. The average molecular weight is 547 g/mol. The van der Waals surface area contributed by atoms with Crippen LogP contribution in [-0.2, 0) is 11.2 Å². The number of nitrogens with zero attached hydrogens (tertiary/aromatic N) is 2. The van der Waals surface area contributed by atoms with Crippen molar-refractivity contribution in [2.24, 2.45) is 0 Å². The van der Waals surface area contributed by atoms with E-state index >= 15 is 0 Å². The molecule has 0 spiro atoms. The van der Waals surface area contributed by atoms with Gasteiger partial charge in [0.05, 0.1) is 25.0 Å². The number of carbonyl (C=O) groups is 1. The molecule has 0 fully saturated rings. The Morgan fingerprint density at radius 3 is 2.64 bits per heavy atom. The van der Waals surface area contributed by atoms with Crippen molar-refractivity contribution in [3.63, 3.8) is 0 Å². The Morgan fingerprint density at radius 1 is 1.00 bits per heavy atom. The third-order valence-electron chi connectivity index (χ3n) is 6.29. The maximum Gasteiger partial charge on any atom is 0.237 e. The highest BCUT2D eigenvalue weighted by Gasteiger charge is 2.22. The number of anilines is 2. The summed E-state index contributed by atoms with van der Waals surface area (Å²) in [7, 11) is 3.25. The average Bonchev–Trinajstić information content (AvgIpc) is 3.43. The zero-order chi connectivity index (χ0) is 27.2. The molecule has 2 heterocycles. The lowest BCUT2D eigenvalue weighted by Gasteiger charge is -2.16. The number of thioether (sulfide) groups is 1. The minimum Gasteiger partial charge on any atom is -0.493 e. The van der Waals surface area contributed by atoms with E-state index < -0.39 is 0 Å². The van der Waals surface area contributed by atoms with E-state index in [0.29, 0.717) is 46.8 Å². The molecule has 3 aromatic carbocycles. The summed E-state index contributed by atoms with van der Waals surface area (Å²) in [6.45, 7) is 2.81. The first-order chi connectivity index (χ1) is 19.1. The van der Waals surface area contributed by atoms with Gasteiger partial charge < -0.3 is 29.6 Å². The molecular formula is C29H30N4O5S. The van der Waals surface area contributed by atoms with E-state index in [1.165, 1.54) is 11.8 Å². The zero-order valence-corrected chi connectivity index (χ0v) is 22.8. The molecular weight excluding hydrogens is 516 g/mol. The second-order valence-corrected chi connectivity index (χ2v) is 9.98. The van der Waals surface area contributed by atoms with Gasteiger partial charge in [-0.05, 0) is 54.8 Å². The van der Waals surface area contributed by atoms with Crippen LogP contribution in [0.2, 0.25) is 0 Å². The molecule has 0 saturated heterocycles. The van der Waals surface area contributed by atoms with E-state index in [4.69, 9.17) is 28.9 Å². The van der Waals surface area contributed by atoms with Crippen molar-refractivity contribution in [1.82, 2.24) is 9.97 Å². The SMILES string of the molecule is CC[C@@H](Sc1nc(NCCc2ccc(OC)c(OC)c2)c2ccccc2n1)C(=O)Nc1ccc2c(c1)OCO2. The third kappa shape index (κ3) is 6.12. The minimum absolute atomic E-state index is 0.124. The van der Waals surface area contributed by atoms with Crippen molar-refractivity contribution < 1.29 is 23.7 Å². The van der Waals surface area contributed by atoms with Crippen molar-refractivity contribution in [3.05, 3.63) is 66.2 Å². The smallest absolute Gasteiger partial charge is 0.237 e. The maximum absolute atomic E-state index is 13.1. The molecule has 5 rings (SSSR count). The number of hydrogen-bond acceptors (Lipinski definition) is 9. The molecule has 0 unspecified atom stereocenters. The van der Waals surface area contributed by atoms with Crippen molar-refractivity contribution in [3.8, 4) is 23.0 Å². The van der Waals surface area contributed by atoms with Gasteiger partial charge in [-0.1, -0.05) is 36.9 Å². The summed E-state index contributed by atoms with van der Waals surface area (Å²) in [5.74, 6) is 3.30. The lowest BCUT2D eigenvalue weighted by molar-refractivity contribution is -0.115. The Kier molecular flexibility index (Phi) is 8.21. The monoisotopic (exact) mass is 546 g/mol. The second kappa shape index (κ2) is 12.1. The number of nitrogens with one attached hydrogen (secondary N) is 2. The van der Waals surface area contributed by atoms with Crippen molar-refractivity contribution >= 4 is 40.1 Å². The molecule has 1 aromatic heterocycles. The highest BCUT2D eigenvalue weighted by Crippen LogP contribution is 2.35. The van der Waals surface area contributed by atoms with E-state index in [1.54, 1.807) is 32.4 Å². The number of ether oxygens (including phenoxy) is 4. The number of fused-ring (bicyclic) bond motifs is 2. The van der Waals surface area contributed by atoms with Crippen LogP contribution < -0.4 is 29.6 Å². The summed E-state index contributed by atoms with van der Waals surface area (Å²) in [5, 5.41) is 7.52. The third-order valence-corrected chi connectivity index (χ3v) is 7.51. The Balaban J connectivity index is 1.29. The Morgan fingerprint density at radius 2 is 1.82 bits per heavy atom. The molecule has 1 atom stereocenters. The predicted octanol–water partition coefficient (Wildman–Crippen LogP) is 5.54. The number of methoxy groups -OCH3 is 2. The fraction of sp³-hybridized carbons (Fsp3) is 0.276. The molecule has 0 aliphatic carbocycles. The first kappa shape index (κ1) is 26.4. The van der Waals surface area contributed by atoms with Gasteiger partial charge in [0, 0.05) is 23.7 Å². The molecule has 10 heteroatoms. The summed E-state index contributed by atoms with van der Waals surface area (Å²) < 4.78 is 21.5. The Labute approximate surface area is 231 Å². The Hall–Kier alpha value is -4.18. The lowest BCUT2D eigenvalue weighted by Crippen LogP contribution is -2.25. The molecule has 0 saturated carbocycles. The highest BCUT2D eigenvalue weighted by molar-refractivity contribution is 8.00. The van der Waals surface area contributed by atoms with E-state index in [2.05, 4.69) is 10.6 Å². The number of para-hydroxylation sites is 1. The van der Waals surface area contributed by atoms with E-state index in [1.807, 2.05) is 49.4 Å². The standard InChI is InChI=1S/C29H30N4O5S/c1-4-26(28(34)31-19-10-12-23-25(16-19)38-17-37-23)39-29-32-21-8-6-5-7-20(21)27(33-29)30-14-13-18-9-11-22(35-2)24(15-18)36-3/h5-12,15-16,26H,4,13-14,17H2,1-3H3,(H,31,34)(H,30,32,33)/t26-/m1/s1. The van der Waals surface area contributed by atoms with Gasteiger partial charge in [-0.2, -0.15) is 0 Å². The van der Waals surface area contributed by atoms with Gasteiger partial charge in [-0.3, -0.25) is 4.79 Å². The van der Waals surface area contributed by atoms with Crippen LogP contribution in [0, 0.1) is 0 Å². The van der Waals surface area contributed by atoms with Crippen molar-refractivity contribution in [2.45, 2.75) is 30.2 Å². The number of carbonyl (C=O) groups excluding carboxylic acids is 1. The first-order valence-corrected chi connectivity index (χ1v) is 13.5. The fourth-order valence-corrected chi connectivity index (χ4v) is 5.13. The summed E-state index contributed by atoms with van der Waals surface area (Å²) in [4.78, 5) is 22.7. The van der Waals surface area contributed by atoms with Crippen LogP contribution in [0.1, 0.15) is 18.9 Å². The molecule has 2 N–H and O–H groups in total. The second-order valence-electron chi connectivity index (χ2n) is 8.81. The Bertz CT molecular complexity index is 1480. The summed E-state index contributed by atoms with van der Waals surface area (Å²) >= 11 is 1.35. The normalized spacial score (nSPS) is 12.7. The molecule has 9 nitrogen and oxygen atoms in total. The van der Waals surface area contributed by atoms with Gasteiger partial charge in [0.15, 0.2) is 28.2 Å². The van der Waals surface area contributed by atoms with Crippen LogP contribution in [0.4, 0.5) is 11.5 Å². The minimum atomic E-state index is -0.379. The van der Waals surface area contributed by atoms with Crippen molar-refractivity contribution in [2.75, 3.05) is 38.2 Å². The van der Waals surface area contributed by atoms with E-state index in [-0.39, 0.29) is 18.0 Å². The number of amides is 1. The molecule has 39 heavy (non-hydrogen) atoms. The van der Waals surface area contributed by atoms with Gasteiger partial charge in [0.2, 0.25) is 12.7 Å². The zero-order valence-electron chi connectivity index (χ0n) is 22.0. The van der Waals surface area contributed by atoms with Gasteiger partial charge in [0.1, 0.15) is 5.82 Å². The van der Waals surface area contributed by atoms with Crippen LogP contribution in [-0.4, -0.2) is 48.7 Å². The van der Waals surface area contributed by atoms with Gasteiger partial charge in [0.25, 0.3) is 0 Å². The molecule has 1 amide bonds. The number of aromatic nitrogens is 2. The van der Waals surface area contributed by atoms with Crippen LogP contribution in [0.25, 0.3) is 10.9 Å². The highest BCUT2D eigenvalue weighted by atomic mass is 32.2. The number of benzene rings is 3. The summed E-state index contributed by atoms with van der Waals surface area (Å²) in [6, 6.07) is 19.1. The number of rotatable bonds is 11. The predicted molar refractivity (Wildman–Crippen MR) is 152 cm³/mol. The number of hydrogen-bond donors (Lipinski definition) is 2. The summed E-state index contributed by atoms with van der Waals surface area (Å²) in [5.41, 5.74) is 2.58. The fourth-order valence-electron chi connectivity index (χ4n) is 4.25. The molecule has 0 radical (unpaired) electrons. The van der Waals surface area contributed by atoms with E-state index in [0.717, 1.165) is 28.7 Å². The van der Waals surface area contributed by atoms with Gasteiger partial charge >= 0.3 is 0 Å². The van der Waals surface area contributed by atoms with Crippen LogP contribution in [0.3, 0.4) is 0 Å². The van der Waals surface area contributed by atoms with E-state index in [9.17, 15) is 4.79 Å². The molecule has 1 aliphatic rings. The van der Waals surface area contributed by atoms with Gasteiger partial charge in [-0.15, -0.1) is 0 Å². The molecule has 202 valence electrons. The van der Waals surface area contributed by atoms with Gasteiger partial charge in [-0.25, -0.2) is 9.97 Å². The van der Waals surface area contributed by atoms with Crippen LogP contribution in [0.15, 0.2) is 65.8 Å². The summed E-state index contributed by atoms with van der Waals surface area (Å²) in [6.07, 6.45) is 1.37. The van der Waals surface area contributed by atoms with Crippen molar-refractivity contribution in [1.29, 1.82) is 0 Å². The lowest BCUT2D eigenvalue weighted by atomic mass is 10.1. The quantitative estimate of drug-likeness (QED) is 0.185. The largest absolute Gasteiger partial charge is 0.493 e. The maximum atomic E-state index is 13.1. The molecule has 0 bridgehead atoms. The van der Waals surface area contributed by atoms with Crippen LogP contribution >= 0.6 is 11.8 Å². The molecule has 1 aliphatic heterocycles. The first-order valence-electron chi connectivity index (χ1n) is 12.7. The topological polar surface area (TPSA) is 104 Å².